The van der Waals surface area contributed by atoms with Crippen molar-refractivity contribution in [2.75, 3.05) is 30.3 Å². The molecule has 1 aromatic carbocycles. The Hall–Kier alpha value is -1.31. The second kappa shape index (κ2) is 5.36. The SMILES string of the molecule is COCCNS(=O)(=O)N1c2ccc(N)cc2CC1C. The van der Waals surface area contributed by atoms with Crippen LogP contribution in [0.3, 0.4) is 0 Å². The van der Waals surface area contributed by atoms with E-state index >= 15 is 0 Å². The Kier molecular flexibility index (Phi) is 3.98. The summed E-state index contributed by atoms with van der Waals surface area (Å²) in [4.78, 5) is 0. The molecule has 1 atom stereocenters. The van der Waals surface area contributed by atoms with E-state index in [0.29, 0.717) is 24.4 Å². The van der Waals surface area contributed by atoms with Crippen LogP contribution in [0, 0.1) is 0 Å². The van der Waals surface area contributed by atoms with Crippen molar-refractivity contribution in [2.45, 2.75) is 19.4 Å². The average molecular weight is 285 g/mol. The first-order chi connectivity index (χ1) is 8.95. The quantitative estimate of drug-likeness (QED) is 0.609. The molecule has 1 aliphatic rings. The van der Waals surface area contributed by atoms with Gasteiger partial charge in [-0.3, -0.25) is 4.31 Å². The third-order valence-corrected chi connectivity index (χ3v) is 4.75. The summed E-state index contributed by atoms with van der Waals surface area (Å²) in [5, 5.41) is 0. The van der Waals surface area contributed by atoms with Crippen molar-refractivity contribution in [2.24, 2.45) is 0 Å². The van der Waals surface area contributed by atoms with Gasteiger partial charge in [0, 0.05) is 25.4 Å². The van der Waals surface area contributed by atoms with Crippen LogP contribution in [0.4, 0.5) is 11.4 Å². The van der Waals surface area contributed by atoms with Crippen molar-refractivity contribution in [3.63, 3.8) is 0 Å². The van der Waals surface area contributed by atoms with Crippen LogP contribution in [0.25, 0.3) is 0 Å². The van der Waals surface area contributed by atoms with Crippen LogP contribution in [0.5, 0.6) is 0 Å². The summed E-state index contributed by atoms with van der Waals surface area (Å²) in [6.45, 7) is 2.48. The van der Waals surface area contributed by atoms with Gasteiger partial charge in [-0.05, 0) is 37.1 Å². The summed E-state index contributed by atoms with van der Waals surface area (Å²) in [7, 11) is -2.01. The van der Waals surface area contributed by atoms with E-state index in [1.807, 2.05) is 13.0 Å². The van der Waals surface area contributed by atoms with E-state index in [1.54, 1.807) is 12.1 Å². The molecule has 0 fully saturated rings. The summed E-state index contributed by atoms with van der Waals surface area (Å²) >= 11 is 0. The molecular weight excluding hydrogens is 266 g/mol. The van der Waals surface area contributed by atoms with Crippen molar-refractivity contribution in [3.8, 4) is 0 Å². The maximum Gasteiger partial charge on any atom is 0.301 e. The lowest BCUT2D eigenvalue weighted by Gasteiger charge is -2.24. The highest BCUT2D eigenvalue weighted by Crippen LogP contribution is 2.35. The van der Waals surface area contributed by atoms with Crippen molar-refractivity contribution >= 4 is 21.6 Å². The first-order valence-corrected chi connectivity index (χ1v) is 7.56. The summed E-state index contributed by atoms with van der Waals surface area (Å²) in [6, 6.07) is 5.19. The maximum absolute atomic E-state index is 12.3. The van der Waals surface area contributed by atoms with Crippen LogP contribution in [0.1, 0.15) is 12.5 Å². The first-order valence-electron chi connectivity index (χ1n) is 6.12. The minimum atomic E-state index is -3.55. The van der Waals surface area contributed by atoms with E-state index in [4.69, 9.17) is 10.5 Å². The number of nitrogens with zero attached hydrogens (tertiary/aromatic N) is 1. The number of ether oxygens (including phenoxy) is 1. The van der Waals surface area contributed by atoms with E-state index in [1.165, 1.54) is 11.4 Å². The second-order valence-electron chi connectivity index (χ2n) is 4.63. The van der Waals surface area contributed by atoms with Gasteiger partial charge < -0.3 is 10.5 Å². The molecule has 106 valence electrons. The molecule has 0 spiro atoms. The zero-order valence-electron chi connectivity index (χ0n) is 11.1. The maximum atomic E-state index is 12.3. The lowest BCUT2D eigenvalue weighted by atomic mass is 10.1. The van der Waals surface area contributed by atoms with E-state index in [0.717, 1.165) is 5.56 Å². The zero-order valence-corrected chi connectivity index (χ0v) is 11.9. The van der Waals surface area contributed by atoms with Gasteiger partial charge in [-0.2, -0.15) is 13.1 Å². The molecule has 0 aliphatic carbocycles. The number of rotatable bonds is 5. The fraction of sp³-hybridized carbons (Fsp3) is 0.500. The fourth-order valence-corrected chi connectivity index (χ4v) is 3.80. The highest BCUT2D eigenvalue weighted by atomic mass is 32.2. The van der Waals surface area contributed by atoms with Gasteiger partial charge in [0.05, 0.1) is 12.3 Å². The number of benzene rings is 1. The van der Waals surface area contributed by atoms with Crippen LogP contribution in [-0.4, -0.2) is 34.7 Å². The number of nitrogens with one attached hydrogen (secondary N) is 1. The molecule has 0 amide bonds. The van der Waals surface area contributed by atoms with Gasteiger partial charge in [0.25, 0.3) is 0 Å². The van der Waals surface area contributed by atoms with Crippen molar-refractivity contribution < 1.29 is 13.2 Å². The Labute approximate surface area is 113 Å². The van der Waals surface area contributed by atoms with Crippen LogP contribution >= 0.6 is 0 Å². The number of nitrogen functional groups attached to an aromatic ring is 1. The van der Waals surface area contributed by atoms with Gasteiger partial charge in [0.1, 0.15) is 0 Å². The lowest BCUT2D eigenvalue weighted by Crippen LogP contribution is -2.44. The Morgan fingerprint density at radius 2 is 2.26 bits per heavy atom. The molecule has 1 heterocycles. The van der Waals surface area contributed by atoms with E-state index in [9.17, 15) is 8.42 Å². The topological polar surface area (TPSA) is 84.7 Å². The molecule has 1 aromatic rings. The zero-order chi connectivity index (χ0) is 14.0. The van der Waals surface area contributed by atoms with E-state index in [-0.39, 0.29) is 12.6 Å². The van der Waals surface area contributed by atoms with Crippen LogP contribution in [-0.2, 0) is 21.4 Å². The summed E-state index contributed by atoms with van der Waals surface area (Å²) in [5.41, 5.74) is 8.04. The molecule has 0 saturated heterocycles. The largest absolute Gasteiger partial charge is 0.399 e. The highest BCUT2D eigenvalue weighted by molar-refractivity contribution is 7.90. The number of nitrogens with two attached hydrogens (primary N) is 1. The molecule has 7 heteroatoms. The minimum Gasteiger partial charge on any atom is -0.399 e. The van der Waals surface area contributed by atoms with Crippen molar-refractivity contribution in [1.82, 2.24) is 4.72 Å². The first kappa shape index (κ1) is 14.1. The van der Waals surface area contributed by atoms with Crippen LogP contribution < -0.4 is 14.8 Å². The second-order valence-corrected chi connectivity index (χ2v) is 6.26. The van der Waals surface area contributed by atoms with Crippen molar-refractivity contribution in [1.29, 1.82) is 0 Å². The third-order valence-electron chi connectivity index (χ3n) is 3.11. The third kappa shape index (κ3) is 2.83. The molecule has 1 aliphatic heterocycles. The summed E-state index contributed by atoms with van der Waals surface area (Å²) in [5.74, 6) is 0. The lowest BCUT2D eigenvalue weighted by molar-refractivity contribution is 0.204. The van der Waals surface area contributed by atoms with Gasteiger partial charge in [-0.25, -0.2) is 0 Å². The van der Waals surface area contributed by atoms with Gasteiger partial charge in [-0.1, -0.05) is 0 Å². The number of methoxy groups -OCH3 is 1. The number of hydrogen-bond donors (Lipinski definition) is 2. The van der Waals surface area contributed by atoms with Crippen LogP contribution in [0.15, 0.2) is 18.2 Å². The van der Waals surface area contributed by atoms with E-state index < -0.39 is 10.2 Å². The predicted octanol–water partition coefficient (Wildman–Crippen LogP) is 0.501. The van der Waals surface area contributed by atoms with Gasteiger partial charge >= 0.3 is 10.2 Å². The molecule has 19 heavy (non-hydrogen) atoms. The normalized spacial score (nSPS) is 18.6. The average Bonchev–Trinajstić information content (AvgIpc) is 2.64. The molecular formula is C12H19N3O3S. The molecule has 0 bridgehead atoms. The Balaban J connectivity index is 2.26. The van der Waals surface area contributed by atoms with Gasteiger partial charge in [0.15, 0.2) is 0 Å². The molecule has 3 N–H and O–H groups in total. The molecule has 1 unspecified atom stereocenters. The van der Waals surface area contributed by atoms with E-state index in [2.05, 4.69) is 4.72 Å². The monoisotopic (exact) mass is 285 g/mol. The highest BCUT2D eigenvalue weighted by Gasteiger charge is 2.34. The number of fused-ring (bicyclic) bond motifs is 1. The predicted molar refractivity (Wildman–Crippen MR) is 75.3 cm³/mol. The molecule has 0 saturated carbocycles. The Morgan fingerprint density at radius 1 is 1.53 bits per heavy atom. The number of hydrogen-bond acceptors (Lipinski definition) is 4. The number of anilines is 2. The van der Waals surface area contributed by atoms with Crippen molar-refractivity contribution in [3.05, 3.63) is 23.8 Å². The van der Waals surface area contributed by atoms with Gasteiger partial charge in [0.2, 0.25) is 0 Å². The summed E-state index contributed by atoms with van der Waals surface area (Å²) in [6.07, 6.45) is 0.672. The standard InChI is InChI=1S/C12H19N3O3S/c1-9-7-10-8-11(13)3-4-12(10)15(9)19(16,17)14-5-6-18-2/h3-4,8-9,14H,5-7,13H2,1-2H3. The molecule has 0 aromatic heterocycles. The minimum absolute atomic E-state index is 0.114. The molecule has 6 nitrogen and oxygen atoms in total. The molecule has 0 radical (unpaired) electrons. The smallest absolute Gasteiger partial charge is 0.301 e. The molecule has 2 rings (SSSR count). The summed E-state index contributed by atoms with van der Waals surface area (Å²) < 4.78 is 33.4. The van der Waals surface area contributed by atoms with Gasteiger partial charge in [-0.15, -0.1) is 0 Å². The fourth-order valence-electron chi connectivity index (χ4n) is 2.33. The Bertz CT molecular complexity index is 559. The van der Waals surface area contributed by atoms with Crippen LogP contribution in [0.2, 0.25) is 0 Å². The Morgan fingerprint density at radius 3 is 2.95 bits per heavy atom.